The van der Waals surface area contributed by atoms with E-state index >= 15 is 0 Å². The van der Waals surface area contributed by atoms with Gasteiger partial charge in [0, 0.05) is 11.4 Å². The summed E-state index contributed by atoms with van der Waals surface area (Å²) >= 11 is 0. The third kappa shape index (κ3) is 3.95. The zero-order valence-corrected chi connectivity index (χ0v) is 15.9. The number of aromatic nitrogens is 3. The average Bonchev–Trinajstić information content (AvgIpc) is 2.95. The second-order valence-corrected chi connectivity index (χ2v) is 6.28. The number of carbonyl (C=O) groups is 2. The van der Waals surface area contributed by atoms with Crippen LogP contribution in [0.2, 0.25) is 0 Å². The number of rotatable bonds is 6. The molecular formula is C20H21N3O5. The van der Waals surface area contributed by atoms with E-state index < -0.39 is 11.9 Å². The molecule has 3 rings (SSSR count). The minimum absolute atomic E-state index is 0.0606. The van der Waals surface area contributed by atoms with E-state index in [-0.39, 0.29) is 31.1 Å². The Hall–Kier alpha value is -3.42. The molecule has 0 aliphatic heterocycles. The van der Waals surface area contributed by atoms with E-state index in [1.54, 1.807) is 55.7 Å². The molecule has 1 N–H and O–H groups in total. The molecule has 0 saturated heterocycles. The molecule has 0 aliphatic carbocycles. The second kappa shape index (κ2) is 8.08. The molecule has 0 atom stereocenters. The Kier molecular flexibility index (Phi) is 5.58. The third-order valence-electron chi connectivity index (χ3n) is 4.39. The monoisotopic (exact) mass is 383 g/mol. The standard InChI is InChI=1S/C20H21N3O5/c1-4-27-20(26)15-9-12(2)23(13(15)3)10-18(24)28-11-17-21-16-8-6-5-7-14(16)19(25)22-17/h5-9H,4,10-11H2,1-3H3,(H,21,22,25). The predicted octanol–water partition coefficient (Wildman–Crippen LogP) is 2.26. The molecule has 1 aromatic carbocycles. The van der Waals surface area contributed by atoms with Crippen LogP contribution in [0, 0.1) is 13.8 Å². The van der Waals surface area contributed by atoms with Crippen molar-refractivity contribution in [2.75, 3.05) is 6.61 Å². The lowest BCUT2D eigenvalue weighted by Gasteiger charge is -2.10. The van der Waals surface area contributed by atoms with Crippen molar-refractivity contribution in [3.8, 4) is 0 Å². The van der Waals surface area contributed by atoms with Crippen LogP contribution in [0.5, 0.6) is 0 Å². The van der Waals surface area contributed by atoms with Gasteiger partial charge in [-0.25, -0.2) is 9.78 Å². The number of nitrogens with zero attached hydrogens (tertiary/aromatic N) is 2. The summed E-state index contributed by atoms with van der Waals surface area (Å²) in [6.07, 6.45) is 0. The van der Waals surface area contributed by atoms with Crippen LogP contribution in [0.15, 0.2) is 35.1 Å². The Morgan fingerprint density at radius 1 is 1.18 bits per heavy atom. The number of benzene rings is 1. The zero-order valence-electron chi connectivity index (χ0n) is 15.9. The van der Waals surface area contributed by atoms with Crippen LogP contribution in [-0.2, 0) is 27.4 Å². The molecule has 0 saturated carbocycles. The van der Waals surface area contributed by atoms with Gasteiger partial charge >= 0.3 is 11.9 Å². The maximum Gasteiger partial charge on any atom is 0.339 e. The number of esters is 2. The van der Waals surface area contributed by atoms with Crippen LogP contribution in [0.3, 0.4) is 0 Å². The van der Waals surface area contributed by atoms with Gasteiger partial charge in [0.25, 0.3) is 5.56 Å². The van der Waals surface area contributed by atoms with Gasteiger partial charge in [-0.3, -0.25) is 9.59 Å². The highest BCUT2D eigenvalue weighted by molar-refractivity contribution is 5.91. The summed E-state index contributed by atoms with van der Waals surface area (Å²) in [5.41, 5.74) is 2.05. The van der Waals surface area contributed by atoms with Gasteiger partial charge in [0.05, 0.1) is 23.1 Å². The van der Waals surface area contributed by atoms with E-state index in [9.17, 15) is 14.4 Å². The van der Waals surface area contributed by atoms with Crippen LogP contribution in [-0.4, -0.2) is 33.1 Å². The number of fused-ring (bicyclic) bond motifs is 1. The normalized spacial score (nSPS) is 10.8. The Balaban J connectivity index is 1.70. The van der Waals surface area contributed by atoms with Gasteiger partial charge in [0.1, 0.15) is 19.0 Å². The van der Waals surface area contributed by atoms with Crippen LogP contribution >= 0.6 is 0 Å². The fourth-order valence-corrected chi connectivity index (χ4v) is 2.99. The number of H-pyrrole nitrogens is 1. The highest BCUT2D eigenvalue weighted by Gasteiger charge is 2.18. The van der Waals surface area contributed by atoms with Crippen LogP contribution < -0.4 is 5.56 Å². The van der Waals surface area contributed by atoms with Gasteiger partial charge in [0.15, 0.2) is 0 Å². The van der Waals surface area contributed by atoms with Gasteiger partial charge in [0.2, 0.25) is 0 Å². The molecule has 0 fully saturated rings. The number of nitrogens with one attached hydrogen (secondary N) is 1. The van der Waals surface area contributed by atoms with Gasteiger partial charge in [-0.05, 0) is 39.0 Å². The van der Waals surface area contributed by atoms with E-state index in [1.165, 1.54) is 0 Å². The molecule has 2 heterocycles. The van der Waals surface area contributed by atoms with Crippen LogP contribution in [0.4, 0.5) is 0 Å². The van der Waals surface area contributed by atoms with Gasteiger partial charge in [-0.2, -0.15) is 0 Å². The molecule has 0 amide bonds. The molecule has 8 nitrogen and oxygen atoms in total. The molecule has 28 heavy (non-hydrogen) atoms. The topological polar surface area (TPSA) is 103 Å². The number of para-hydroxylation sites is 1. The number of hydrogen-bond acceptors (Lipinski definition) is 6. The van der Waals surface area contributed by atoms with E-state index in [1.807, 2.05) is 0 Å². The summed E-state index contributed by atoms with van der Waals surface area (Å²) in [4.78, 5) is 43.2. The summed E-state index contributed by atoms with van der Waals surface area (Å²) in [7, 11) is 0. The number of ether oxygens (including phenoxy) is 2. The highest BCUT2D eigenvalue weighted by Crippen LogP contribution is 2.16. The summed E-state index contributed by atoms with van der Waals surface area (Å²) in [6.45, 7) is 5.35. The SMILES string of the molecule is CCOC(=O)c1cc(C)n(CC(=O)OCc2nc3ccccc3c(=O)[nH]2)c1C. The quantitative estimate of drug-likeness (QED) is 0.655. The van der Waals surface area contributed by atoms with Crippen molar-refractivity contribution in [2.45, 2.75) is 33.9 Å². The molecular weight excluding hydrogens is 362 g/mol. The highest BCUT2D eigenvalue weighted by atomic mass is 16.5. The number of hydrogen-bond donors (Lipinski definition) is 1. The second-order valence-electron chi connectivity index (χ2n) is 6.28. The van der Waals surface area contributed by atoms with Crippen molar-refractivity contribution in [3.63, 3.8) is 0 Å². The van der Waals surface area contributed by atoms with Crippen molar-refractivity contribution in [3.05, 3.63) is 63.5 Å². The average molecular weight is 383 g/mol. The van der Waals surface area contributed by atoms with Crippen molar-refractivity contribution in [1.82, 2.24) is 14.5 Å². The number of carbonyl (C=O) groups excluding carboxylic acids is 2. The van der Waals surface area contributed by atoms with Crippen molar-refractivity contribution in [1.29, 1.82) is 0 Å². The Morgan fingerprint density at radius 3 is 2.68 bits per heavy atom. The van der Waals surface area contributed by atoms with E-state index in [0.29, 0.717) is 22.2 Å². The predicted molar refractivity (Wildman–Crippen MR) is 102 cm³/mol. The van der Waals surface area contributed by atoms with E-state index in [2.05, 4.69) is 9.97 Å². The summed E-state index contributed by atoms with van der Waals surface area (Å²) in [5, 5.41) is 0.475. The number of aromatic amines is 1. The van der Waals surface area contributed by atoms with E-state index in [4.69, 9.17) is 9.47 Å². The minimum atomic E-state index is -0.506. The first-order chi connectivity index (χ1) is 13.4. The first kappa shape index (κ1) is 19.3. The Bertz CT molecular complexity index is 1100. The van der Waals surface area contributed by atoms with Gasteiger partial charge in [-0.15, -0.1) is 0 Å². The molecule has 8 heteroatoms. The van der Waals surface area contributed by atoms with Crippen molar-refractivity contribution >= 4 is 22.8 Å². The Morgan fingerprint density at radius 2 is 1.93 bits per heavy atom. The number of aryl methyl sites for hydroxylation is 1. The van der Waals surface area contributed by atoms with Crippen LogP contribution in [0.1, 0.15) is 34.5 Å². The molecule has 0 unspecified atom stereocenters. The third-order valence-corrected chi connectivity index (χ3v) is 4.39. The summed E-state index contributed by atoms with van der Waals surface area (Å²) in [5.74, 6) is -0.661. The molecule has 0 radical (unpaired) electrons. The van der Waals surface area contributed by atoms with Gasteiger partial charge < -0.3 is 19.0 Å². The zero-order chi connectivity index (χ0) is 20.3. The Labute approximate surface area is 161 Å². The molecule has 3 aromatic rings. The molecule has 146 valence electrons. The maximum absolute atomic E-state index is 12.3. The fraction of sp³-hybridized carbons (Fsp3) is 0.300. The maximum atomic E-state index is 12.3. The summed E-state index contributed by atoms with van der Waals surface area (Å²) < 4.78 is 12.0. The lowest BCUT2D eigenvalue weighted by molar-refractivity contribution is -0.146. The van der Waals surface area contributed by atoms with Crippen molar-refractivity contribution < 1.29 is 19.1 Å². The lowest BCUT2D eigenvalue weighted by Crippen LogP contribution is -2.18. The van der Waals surface area contributed by atoms with Gasteiger partial charge in [-0.1, -0.05) is 12.1 Å². The smallest absolute Gasteiger partial charge is 0.339 e. The molecule has 2 aromatic heterocycles. The van der Waals surface area contributed by atoms with Crippen molar-refractivity contribution in [2.24, 2.45) is 0 Å². The van der Waals surface area contributed by atoms with E-state index in [0.717, 1.165) is 5.69 Å². The van der Waals surface area contributed by atoms with Crippen LogP contribution in [0.25, 0.3) is 10.9 Å². The molecule has 0 spiro atoms. The molecule has 0 bridgehead atoms. The lowest BCUT2D eigenvalue weighted by atomic mass is 10.2. The largest absolute Gasteiger partial charge is 0.462 e. The first-order valence-electron chi connectivity index (χ1n) is 8.88. The molecule has 0 aliphatic rings. The summed E-state index contributed by atoms with van der Waals surface area (Å²) in [6, 6.07) is 8.62. The first-order valence-corrected chi connectivity index (χ1v) is 8.88. The fourth-order valence-electron chi connectivity index (χ4n) is 2.99. The minimum Gasteiger partial charge on any atom is -0.462 e.